The molecule has 2 heterocycles. The number of fused-ring (bicyclic) bond motifs is 1. The quantitative estimate of drug-likeness (QED) is 0.571. The van der Waals surface area contributed by atoms with Crippen molar-refractivity contribution < 1.29 is 5.11 Å². The van der Waals surface area contributed by atoms with Gasteiger partial charge in [0.25, 0.3) is 0 Å². The Labute approximate surface area is 151 Å². The Morgan fingerprint density at radius 1 is 1.08 bits per heavy atom. The Bertz CT molecular complexity index is 927. The number of thioether (sulfide) groups is 1. The minimum Gasteiger partial charge on any atom is -0.493 e. The van der Waals surface area contributed by atoms with Gasteiger partial charge in [0.1, 0.15) is 0 Å². The van der Waals surface area contributed by atoms with Gasteiger partial charge in [-0.05, 0) is 35.7 Å². The van der Waals surface area contributed by atoms with Crippen LogP contribution in [0, 0.1) is 0 Å². The summed E-state index contributed by atoms with van der Waals surface area (Å²) in [7, 11) is 0. The fourth-order valence-electron chi connectivity index (χ4n) is 3.10. The van der Waals surface area contributed by atoms with Crippen LogP contribution in [0.2, 0.25) is 0 Å². The molecule has 4 nitrogen and oxygen atoms in total. The van der Waals surface area contributed by atoms with Gasteiger partial charge in [-0.2, -0.15) is 16.9 Å². The average Bonchev–Trinajstić information content (AvgIpc) is 2.84. The van der Waals surface area contributed by atoms with Gasteiger partial charge in [-0.15, -0.1) is 5.11 Å². The van der Waals surface area contributed by atoms with Gasteiger partial charge in [-0.25, -0.2) is 0 Å². The lowest BCUT2D eigenvalue weighted by atomic mass is 10.0. The standard InChI is InChI=1S/C20H21N3OS/c1-13(2)14-8-9-18-17(10-14)19(20(24)23(18)16-11-25-12-16)22-21-15-6-4-3-5-7-15/h3-10,13,16,24H,11-12H2,1-2H3. The summed E-state index contributed by atoms with van der Waals surface area (Å²) in [4.78, 5) is 0. The molecule has 128 valence electrons. The maximum Gasteiger partial charge on any atom is 0.221 e. The van der Waals surface area contributed by atoms with Crippen molar-refractivity contribution in [2.24, 2.45) is 10.2 Å². The fraction of sp³-hybridized carbons (Fsp3) is 0.300. The van der Waals surface area contributed by atoms with Crippen molar-refractivity contribution in [2.75, 3.05) is 11.5 Å². The van der Waals surface area contributed by atoms with Gasteiger partial charge in [0, 0.05) is 16.9 Å². The van der Waals surface area contributed by atoms with Crippen molar-refractivity contribution in [1.29, 1.82) is 0 Å². The van der Waals surface area contributed by atoms with Crippen molar-refractivity contribution in [3.63, 3.8) is 0 Å². The van der Waals surface area contributed by atoms with E-state index in [2.05, 4.69) is 42.3 Å². The molecule has 1 fully saturated rings. The number of aromatic nitrogens is 1. The number of benzene rings is 2. The zero-order chi connectivity index (χ0) is 17.4. The summed E-state index contributed by atoms with van der Waals surface area (Å²) in [6.45, 7) is 4.34. The van der Waals surface area contributed by atoms with Gasteiger partial charge in [-0.1, -0.05) is 38.1 Å². The summed E-state index contributed by atoms with van der Waals surface area (Å²) in [5.41, 5.74) is 3.62. The first-order chi connectivity index (χ1) is 12.1. The van der Waals surface area contributed by atoms with E-state index in [9.17, 15) is 5.11 Å². The predicted octanol–water partition coefficient (Wildman–Crippen LogP) is 6.17. The van der Waals surface area contributed by atoms with Crippen molar-refractivity contribution in [1.82, 2.24) is 4.57 Å². The second-order valence-corrected chi connectivity index (χ2v) is 7.78. The smallest absolute Gasteiger partial charge is 0.221 e. The third kappa shape index (κ3) is 2.93. The van der Waals surface area contributed by atoms with Crippen LogP contribution in [-0.4, -0.2) is 21.2 Å². The van der Waals surface area contributed by atoms with Crippen LogP contribution in [0.3, 0.4) is 0 Å². The van der Waals surface area contributed by atoms with Crippen molar-refractivity contribution in [2.45, 2.75) is 25.8 Å². The molecule has 0 bridgehead atoms. The minimum atomic E-state index is 0.223. The Morgan fingerprint density at radius 2 is 1.84 bits per heavy atom. The molecular weight excluding hydrogens is 330 g/mol. The lowest BCUT2D eigenvalue weighted by Gasteiger charge is -2.27. The molecule has 1 aromatic heterocycles. The van der Waals surface area contributed by atoms with Crippen LogP contribution in [0.1, 0.15) is 31.4 Å². The number of rotatable bonds is 4. The lowest BCUT2D eigenvalue weighted by Crippen LogP contribution is -2.22. The van der Waals surface area contributed by atoms with Crippen molar-refractivity contribution in [3.05, 3.63) is 54.1 Å². The molecule has 1 N–H and O–H groups in total. The Kier molecular flexibility index (Phi) is 4.25. The summed E-state index contributed by atoms with van der Waals surface area (Å²) < 4.78 is 2.02. The minimum absolute atomic E-state index is 0.223. The fourth-order valence-corrected chi connectivity index (χ4v) is 3.85. The molecule has 4 rings (SSSR count). The van der Waals surface area contributed by atoms with Crippen LogP contribution in [0.25, 0.3) is 10.9 Å². The maximum atomic E-state index is 10.9. The summed E-state index contributed by atoms with van der Waals surface area (Å²) in [6.07, 6.45) is 0. The van der Waals surface area contributed by atoms with Gasteiger partial charge in [-0.3, -0.25) is 0 Å². The zero-order valence-corrected chi connectivity index (χ0v) is 15.2. The molecular formula is C20H21N3OS. The van der Waals surface area contributed by atoms with Crippen LogP contribution in [0.5, 0.6) is 5.88 Å². The molecule has 1 saturated heterocycles. The molecule has 3 aromatic rings. The summed E-state index contributed by atoms with van der Waals surface area (Å²) >= 11 is 1.90. The van der Waals surface area contributed by atoms with Gasteiger partial charge in [0.15, 0.2) is 5.69 Å². The molecule has 0 radical (unpaired) electrons. The molecule has 0 amide bonds. The molecule has 0 aliphatic carbocycles. The lowest BCUT2D eigenvalue weighted by molar-refractivity contribution is 0.406. The SMILES string of the molecule is CC(C)c1ccc2c(c1)c(N=Nc1ccccc1)c(O)n2C1CSC1. The molecule has 0 atom stereocenters. The van der Waals surface area contributed by atoms with Gasteiger partial charge < -0.3 is 9.67 Å². The van der Waals surface area contributed by atoms with Crippen LogP contribution in [-0.2, 0) is 0 Å². The van der Waals surface area contributed by atoms with Crippen LogP contribution in [0.15, 0.2) is 58.8 Å². The Hall–Kier alpha value is -2.27. The first kappa shape index (κ1) is 16.2. The third-order valence-electron chi connectivity index (χ3n) is 4.65. The molecule has 0 saturated carbocycles. The second-order valence-electron chi connectivity index (χ2n) is 6.70. The highest BCUT2D eigenvalue weighted by molar-refractivity contribution is 8.00. The number of aromatic hydroxyl groups is 1. The van der Waals surface area contributed by atoms with Crippen LogP contribution < -0.4 is 0 Å². The predicted molar refractivity (Wildman–Crippen MR) is 105 cm³/mol. The zero-order valence-electron chi connectivity index (χ0n) is 14.4. The number of azo groups is 1. The molecule has 0 spiro atoms. The molecule has 25 heavy (non-hydrogen) atoms. The third-order valence-corrected chi connectivity index (χ3v) is 5.89. The summed E-state index contributed by atoms with van der Waals surface area (Å²) in [6, 6.07) is 16.3. The largest absolute Gasteiger partial charge is 0.493 e. The van der Waals surface area contributed by atoms with Crippen molar-refractivity contribution in [3.8, 4) is 5.88 Å². The van der Waals surface area contributed by atoms with E-state index >= 15 is 0 Å². The maximum absolute atomic E-state index is 10.9. The Morgan fingerprint density at radius 3 is 2.48 bits per heavy atom. The van der Waals surface area contributed by atoms with Crippen LogP contribution in [0.4, 0.5) is 11.4 Å². The number of hydrogen-bond acceptors (Lipinski definition) is 4. The van der Waals surface area contributed by atoms with E-state index in [0.29, 0.717) is 17.6 Å². The monoisotopic (exact) mass is 351 g/mol. The van der Waals surface area contributed by atoms with Gasteiger partial charge in [0.05, 0.1) is 17.2 Å². The van der Waals surface area contributed by atoms with E-state index in [1.165, 1.54) is 5.56 Å². The highest BCUT2D eigenvalue weighted by atomic mass is 32.2. The summed E-state index contributed by atoms with van der Waals surface area (Å²) in [5.74, 6) is 2.70. The molecule has 5 heteroatoms. The number of hydrogen-bond donors (Lipinski definition) is 1. The van der Waals surface area contributed by atoms with E-state index in [1.807, 2.05) is 46.7 Å². The first-order valence-corrected chi connectivity index (χ1v) is 9.72. The van der Waals surface area contributed by atoms with E-state index in [4.69, 9.17) is 0 Å². The highest BCUT2D eigenvalue weighted by Gasteiger charge is 2.27. The van der Waals surface area contributed by atoms with Crippen LogP contribution >= 0.6 is 11.8 Å². The van der Waals surface area contributed by atoms with Gasteiger partial charge >= 0.3 is 0 Å². The van der Waals surface area contributed by atoms with Gasteiger partial charge in [0.2, 0.25) is 5.88 Å². The van der Waals surface area contributed by atoms with Crippen molar-refractivity contribution >= 4 is 34.0 Å². The molecule has 2 aromatic carbocycles. The molecule has 0 unspecified atom stereocenters. The molecule has 1 aliphatic rings. The van der Waals surface area contributed by atoms with E-state index in [1.54, 1.807) is 0 Å². The Balaban J connectivity index is 1.87. The number of nitrogens with zero attached hydrogens (tertiary/aromatic N) is 3. The highest BCUT2D eigenvalue weighted by Crippen LogP contribution is 2.45. The van der Waals surface area contributed by atoms with E-state index < -0.39 is 0 Å². The average molecular weight is 351 g/mol. The van der Waals surface area contributed by atoms with E-state index in [-0.39, 0.29) is 5.88 Å². The second kappa shape index (κ2) is 6.56. The van der Waals surface area contributed by atoms with E-state index in [0.717, 1.165) is 28.1 Å². The normalized spacial score (nSPS) is 15.3. The summed E-state index contributed by atoms with van der Waals surface area (Å²) in [5, 5.41) is 20.6. The topological polar surface area (TPSA) is 49.9 Å². The first-order valence-electron chi connectivity index (χ1n) is 8.56. The molecule has 1 aliphatic heterocycles.